The Morgan fingerprint density at radius 3 is 2.63 bits per heavy atom. The second-order valence-corrected chi connectivity index (χ2v) is 3.62. The maximum Gasteiger partial charge on any atom is 0.341 e. The highest BCUT2D eigenvalue weighted by Crippen LogP contribution is 2.18. The Morgan fingerprint density at radius 1 is 1.21 bits per heavy atom. The number of carbonyl (C=O) groups is 2. The lowest BCUT2D eigenvalue weighted by Crippen LogP contribution is -2.31. The van der Waals surface area contributed by atoms with Gasteiger partial charge in [-0.2, -0.15) is 0 Å². The summed E-state index contributed by atoms with van der Waals surface area (Å²) in [5.74, 6) is -0.469. The topological polar surface area (TPSA) is 73.9 Å². The highest BCUT2D eigenvalue weighted by atomic mass is 16.5. The summed E-state index contributed by atoms with van der Waals surface area (Å²) in [7, 11) is 2.84. The van der Waals surface area contributed by atoms with E-state index in [1.165, 1.54) is 7.11 Å². The first kappa shape index (κ1) is 15.0. The number of nitrogens with one attached hydrogen (secondary N) is 1. The van der Waals surface area contributed by atoms with Gasteiger partial charge >= 0.3 is 5.97 Å². The van der Waals surface area contributed by atoms with Crippen LogP contribution in [0.2, 0.25) is 0 Å². The third kappa shape index (κ3) is 4.97. The van der Waals surface area contributed by atoms with E-state index in [4.69, 9.17) is 9.47 Å². The Kier molecular flexibility index (Phi) is 6.38. The van der Waals surface area contributed by atoms with Crippen LogP contribution in [-0.4, -0.2) is 45.9 Å². The van der Waals surface area contributed by atoms with E-state index < -0.39 is 5.97 Å². The van der Waals surface area contributed by atoms with Crippen molar-refractivity contribution < 1.29 is 23.8 Å². The van der Waals surface area contributed by atoms with Gasteiger partial charge in [-0.15, -0.1) is 0 Å². The minimum Gasteiger partial charge on any atom is -0.483 e. The van der Waals surface area contributed by atoms with Crippen LogP contribution >= 0.6 is 0 Å². The van der Waals surface area contributed by atoms with Crippen LogP contribution in [0.5, 0.6) is 5.75 Å². The third-order valence-corrected chi connectivity index (χ3v) is 2.28. The number of hydrogen-bond acceptors (Lipinski definition) is 5. The van der Waals surface area contributed by atoms with E-state index in [1.807, 2.05) is 0 Å². The Morgan fingerprint density at radius 2 is 1.95 bits per heavy atom. The van der Waals surface area contributed by atoms with Crippen molar-refractivity contribution >= 4 is 11.9 Å². The molecule has 6 nitrogen and oxygen atoms in total. The van der Waals surface area contributed by atoms with Gasteiger partial charge in [0.05, 0.1) is 13.7 Å². The number of para-hydroxylation sites is 1. The van der Waals surface area contributed by atoms with Gasteiger partial charge in [0.1, 0.15) is 11.3 Å². The molecule has 0 aromatic heterocycles. The summed E-state index contributed by atoms with van der Waals surface area (Å²) in [5.41, 5.74) is 0.287. The SMILES string of the molecule is COCCNC(=O)COc1ccccc1C(=O)OC. The lowest BCUT2D eigenvalue weighted by molar-refractivity contribution is -0.123. The molecule has 104 valence electrons. The van der Waals surface area contributed by atoms with Gasteiger partial charge in [-0.05, 0) is 12.1 Å². The Hall–Kier alpha value is -2.08. The molecule has 1 N–H and O–H groups in total. The fourth-order valence-corrected chi connectivity index (χ4v) is 1.36. The molecule has 0 bridgehead atoms. The van der Waals surface area contributed by atoms with Crippen molar-refractivity contribution in [1.29, 1.82) is 0 Å². The molecule has 0 spiro atoms. The number of esters is 1. The minimum absolute atomic E-state index is 0.169. The van der Waals surface area contributed by atoms with E-state index in [-0.39, 0.29) is 18.1 Å². The summed E-state index contributed by atoms with van der Waals surface area (Å²) in [6.45, 7) is 0.680. The van der Waals surface area contributed by atoms with Gasteiger partial charge in [-0.3, -0.25) is 4.79 Å². The zero-order chi connectivity index (χ0) is 14.1. The first-order valence-electron chi connectivity index (χ1n) is 5.74. The number of hydrogen-bond donors (Lipinski definition) is 1. The van der Waals surface area contributed by atoms with Gasteiger partial charge in [0, 0.05) is 13.7 Å². The Labute approximate surface area is 111 Å². The van der Waals surface area contributed by atoms with Gasteiger partial charge < -0.3 is 19.5 Å². The van der Waals surface area contributed by atoms with Gasteiger partial charge in [-0.1, -0.05) is 12.1 Å². The summed E-state index contributed by atoms with van der Waals surface area (Å²) in [5, 5.41) is 2.61. The molecule has 0 heterocycles. The fourth-order valence-electron chi connectivity index (χ4n) is 1.36. The minimum atomic E-state index is -0.504. The fraction of sp³-hybridized carbons (Fsp3) is 0.385. The normalized spacial score (nSPS) is 9.79. The molecule has 1 aromatic rings. The van der Waals surface area contributed by atoms with Crippen LogP contribution in [0, 0.1) is 0 Å². The van der Waals surface area contributed by atoms with Crippen molar-refractivity contribution in [3.63, 3.8) is 0 Å². The van der Waals surface area contributed by atoms with E-state index in [0.717, 1.165) is 0 Å². The van der Waals surface area contributed by atoms with Crippen LogP contribution in [0.15, 0.2) is 24.3 Å². The first-order valence-corrected chi connectivity index (χ1v) is 5.74. The number of rotatable bonds is 7. The van der Waals surface area contributed by atoms with Crippen LogP contribution in [-0.2, 0) is 14.3 Å². The van der Waals surface area contributed by atoms with Gasteiger partial charge in [0.2, 0.25) is 0 Å². The van der Waals surface area contributed by atoms with Crippen LogP contribution in [0.4, 0.5) is 0 Å². The molecule has 1 amide bonds. The maximum atomic E-state index is 11.5. The predicted molar refractivity (Wildman–Crippen MR) is 68.2 cm³/mol. The molecular formula is C13H17NO5. The van der Waals surface area contributed by atoms with Crippen LogP contribution in [0.25, 0.3) is 0 Å². The molecule has 0 fully saturated rings. The molecule has 0 atom stereocenters. The molecule has 0 aliphatic heterocycles. The van der Waals surface area contributed by atoms with Crippen molar-refractivity contribution in [3.8, 4) is 5.75 Å². The highest BCUT2D eigenvalue weighted by Gasteiger charge is 2.13. The molecule has 1 aromatic carbocycles. The Balaban J connectivity index is 2.53. The summed E-state index contributed by atoms with van der Waals surface area (Å²) in [4.78, 5) is 22.9. The molecule has 0 radical (unpaired) electrons. The molecule has 6 heteroatoms. The molecule has 0 unspecified atom stereocenters. The number of amides is 1. The first-order chi connectivity index (χ1) is 9.19. The van der Waals surface area contributed by atoms with E-state index in [1.54, 1.807) is 31.4 Å². The van der Waals surface area contributed by atoms with E-state index in [2.05, 4.69) is 10.1 Å². The van der Waals surface area contributed by atoms with Crippen molar-refractivity contribution in [2.45, 2.75) is 0 Å². The highest BCUT2D eigenvalue weighted by molar-refractivity contribution is 5.92. The van der Waals surface area contributed by atoms with Crippen LogP contribution in [0.1, 0.15) is 10.4 Å². The molecule has 19 heavy (non-hydrogen) atoms. The van der Waals surface area contributed by atoms with Crippen molar-refractivity contribution in [1.82, 2.24) is 5.32 Å². The molecule has 0 saturated heterocycles. The molecule has 0 saturated carbocycles. The van der Waals surface area contributed by atoms with Crippen LogP contribution in [0.3, 0.4) is 0 Å². The summed E-state index contributed by atoms with van der Waals surface area (Å²) in [6.07, 6.45) is 0. The lowest BCUT2D eigenvalue weighted by atomic mass is 10.2. The lowest BCUT2D eigenvalue weighted by Gasteiger charge is -2.10. The average Bonchev–Trinajstić information content (AvgIpc) is 2.45. The van der Waals surface area contributed by atoms with E-state index in [9.17, 15) is 9.59 Å². The van der Waals surface area contributed by atoms with Crippen molar-refractivity contribution in [2.24, 2.45) is 0 Å². The van der Waals surface area contributed by atoms with Gasteiger partial charge in [0.25, 0.3) is 5.91 Å². The number of ether oxygens (including phenoxy) is 3. The number of methoxy groups -OCH3 is 2. The van der Waals surface area contributed by atoms with Gasteiger partial charge in [-0.25, -0.2) is 4.79 Å². The molecular weight excluding hydrogens is 250 g/mol. The zero-order valence-electron chi connectivity index (χ0n) is 11.0. The second kappa shape index (κ2) is 8.10. The standard InChI is InChI=1S/C13H17NO5/c1-17-8-7-14-12(15)9-19-11-6-4-3-5-10(11)13(16)18-2/h3-6H,7-9H2,1-2H3,(H,14,15). The zero-order valence-corrected chi connectivity index (χ0v) is 11.0. The summed E-state index contributed by atoms with van der Waals surface area (Å²) in [6, 6.07) is 6.58. The average molecular weight is 267 g/mol. The largest absolute Gasteiger partial charge is 0.483 e. The second-order valence-electron chi connectivity index (χ2n) is 3.62. The summed E-state index contributed by atoms with van der Waals surface area (Å²) < 4.78 is 14.7. The molecule has 0 aliphatic rings. The van der Waals surface area contributed by atoms with Crippen molar-refractivity contribution in [3.05, 3.63) is 29.8 Å². The van der Waals surface area contributed by atoms with E-state index in [0.29, 0.717) is 18.9 Å². The Bertz CT molecular complexity index is 433. The quantitative estimate of drug-likeness (QED) is 0.579. The number of carbonyl (C=O) groups excluding carboxylic acids is 2. The number of benzene rings is 1. The summed E-state index contributed by atoms with van der Waals surface area (Å²) >= 11 is 0. The third-order valence-electron chi connectivity index (χ3n) is 2.28. The maximum absolute atomic E-state index is 11.5. The molecule has 0 aliphatic carbocycles. The van der Waals surface area contributed by atoms with Crippen molar-refractivity contribution in [2.75, 3.05) is 34.0 Å². The molecule has 1 rings (SSSR count). The smallest absolute Gasteiger partial charge is 0.341 e. The van der Waals surface area contributed by atoms with Gasteiger partial charge in [0.15, 0.2) is 6.61 Å². The monoisotopic (exact) mass is 267 g/mol. The van der Waals surface area contributed by atoms with Crippen LogP contribution < -0.4 is 10.1 Å². The van der Waals surface area contributed by atoms with E-state index >= 15 is 0 Å². The predicted octanol–water partition coefficient (Wildman–Crippen LogP) is 0.615.